The summed E-state index contributed by atoms with van der Waals surface area (Å²) >= 11 is 0. The van der Waals surface area contributed by atoms with E-state index in [2.05, 4.69) is 16.3 Å². The molecule has 1 radical (unpaired) electrons. The lowest BCUT2D eigenvalue weighted by Crippen LogP contribution is -2.15. The molecule has 1 heterocycles. The Morgan fingerprint density at radius 2 is 2.18 bits per heavy atom. The number of allylic oxidation sites excluding steroid dienone is 1. The SMILES string of the molecule is O=C1C=Cc2[nH][c]nc2C1=O. The van der Waals surface area contributed by atoms with Crippen molar-refractivity contribution in [1.29, 1.82) is 0 Å². The average molecular weight is 147 g/mol. The van der Waals surface area contributed by atoms with Gasteiger partial charge in [0.05, 0.1) is 5.69 Å². The fraction of sp³-hybridized carbons (Fsp3) is 0. The molecule has 0 spiro atoms. The number of hydrogen-bond acceptors (Lipinski definition) is 3. The normalized spacial score (nSPS) is 15.3. The van der Waals surface area contributed by atoms with Gasteiger partial charge in [-0.15, -0.1) is 0 Å². The Bertz CT molecular complexity index is 362. The summed E-state index contributed by atoms with van der Waals surface area (Å²) in [6.45, 7) is 0. The molecule has 1 aromatic heterocycles. The molecule has 1 N–H and O–H groups in total. The van der Waals surface area contributed by atoms with Crippen molar-refractivity contribution in [1.82, 2.24) is 9.97 Å². The van der Waals surface area contributed by atoms with E-state index >= 15 is 0 Å². The van der Waals surface area contributed by atoms with Gasteiger partial charge in [0.2, 0.25) is 5.78 Å². The Balaban J connectivity index is 2.66. The fourth-order valence-electron chi connectivity index (χ4n) is 0.909. The van der Waals surface area contributed by atoms with Crippen molar-refractivity contribution < 1.29 is 9.59 Å². The van der Waals surface area contributed by atoms with Gasteiger partial charge in [-0.2, -0.15) is 0 Å². The molecule has 0 saturated carbocycles. The van der Waals surface area contributed by atoms with E-state index in [1.165, 1.54) is 12.2 Å². The van der Waals surface area contributed by atoms with E-state index in [0.717, 1.165) is 0 Å². The third-order valence-corrected chi connectivity index (χ3v) is 1.45. The first-order valence-corrected chi connectivity index (χ1v) is 3.02. The highest BCUT2D eigenvalue weighted by Crippen LogP contribution is 2.11. The molecule has 0 fully saturated rings. The molecule has 53 valence electrons. The number of nitrogens with one attached hydrogen (secondary N) is 1. The second kappa shape index (κ2) is 1.88. The maximum atomic E-state index is 11.0. The van der Waals surface area contributed by atoms with Crippen LogP contribution in [0.3, 0.4) is 0 Å². The number of carbonyl (C=O) groups excluding carboxylic acids is 2. The monoisotopic (exact) mass is 147 g/mol. The lowest BCUT2D eigenvalue weighted by Gasteiger charge is -1.98. The first-order valence-electron chi connectivity index (χ1n) is 3.02. The van der Waals surface area contributed by atoms with Gasteiger partial charge in [-0.05, 0) is 12.2 Å². The first kappa shape index (κ1) is 6.03. The molecule has 0 aliphatic heterocycles. The van der Waals surface area contributed by atoms with Crippen LogP contribution in [0.25, 0.3) is 6.08 Å². The van der Waals surface area contributed by atoms with Gasteiger partial charge in [-0.1, -0.05) is 0 Å². The number of aromatic amines is 1. The maximum absolute atomic E-state index is 11.0. The van der Waals surface area contributed by atoms with Crippen molar-refractivity contribution in [2.45, 2.75) is 0 Å². The average Bonchev–Trinajstić information content (AvgIpc) is 2.45. The number of aromatic nitrogens is 2. The Morgan fingerprint density at radius 3 is 3.00 bits per heavy atom. The molecule has 0 amide bonds. The molecule has 0 atom stereocenters. The molecular formula is C7H3N2O2. The molecule has 0 aromatic carbocycles. The standard InChI is InChI=1S/C7H3N2O2/c10-5-2-1-4-6(7(5)11)9-3-8-4/h1-2H,(H,8,9). The summed E-state index contributed by atoms with van der Waals surface area (Å²) < 4.78 is 0. The topological polar surface area (TPSA) is 62.8 Å². The molecule has 4 heteroatoms. The number of nitrogens with zero attached hydrogens (tertiary/aromatic N) is 1. The van der Waals surface area contributed by atoms with Gasteiger partial charge in [-0.25, -0.2) is 4.98 Å². The molecule has 1 aliphatic rings. The minimum atomic E-state index is -0.569. The molecule has 4 nitrogen and oxygen atoms in total. The van der Waals surface area contributed by atoms with Crippen molar-refractivity contribution >= 4 is 17.6 Å². The van der Waals surface area contributed by atoms with Gasteiger partial charge in [0.15, 0.2) is 6.33 Å². The van der Waals surface area contributed by atoms with Gasteiger partial charge in [0.25, 0.3) is 5.78 Å². The predicted octanol–water partition coefficient (Wildman–Crippen LogP) is -0.0115. The highest BCUT2D eigenvalue weighted by atomic mass is 16.2. The van der Waals surface area contributed by atoms with Gasteiger partial charge >= 0.3 is 0 Å². The van der Waals surface area contributed by atoms with E-state index < -0.39 is 11.6 Å². The van der Waals surface area contributed by atoms with Crippen LogP contribution in [0.5, 0.6) is 0 Å². The molecule has 0 saturated heterocycles. The molecule has 1 aromatic rings. The van der Waals surface area contributed by atoms with E-state index in [0.29, 0.717) is 5.69 Å². The van der Waals surface area contributed by atoms with Crippen LogP contribution in [0.2, 0.25) is 0 Å². The summed E-state index contributed by atoms with van der Waals surface area (Å²) in [5, 5.41) is 0. The van der Waals surface area contributed by atoms with E-state index in [9.17, 15) is 9.59 Å². The van der Waals surface area contributed by atoms with Crippen molar-refractivity contribution in [3.05, 3.63) is 23.8 Å². The van der Waals surface area contributed by atoms with Crippen molar-refractivity contribution in [2.24, 2.45) is 0 Å². The van der Waals surface area contributed by atoms with Gasteiger partial charge < -0.3 is 4.98 Å². The molecular weight excluding hydrogens is 144 g/mol. The highest BCUT2D eigenvalue weighted by molar-refractivity contribution is 6.49. The van der Waals surface area contributed by atoms with Crippen molar-refractivity contribution in [3.63, 3.8) is 0 Å². The Hall–Kier alpha value is -1.71. The van der Waals surface area contributed by atoms with Crippen LogP contribution in [-0.4, -0.2) is 21.5 Å². The smallest absolute Gasteiger partial charge is 0.253 e. The van der Waals surface area contributed by atoms with Gasteiger partial charge in [-0.3, -0.25) is 9.59 Å². The Morgan fingerprint density at radius 1 is 1.36 bits per heavy atom. The number of Topliss-reactive ketones (excluding diaryl/α,β-unsaturated/α-hetero) is 1. The number of fused-ring (bicyclic) bond motifs is 1. The zero-order chi connectivity index (χ0) is 7.84. The minimum Gasteiger partial charge on any atom is -0.335 e. The predicted molar refractivity (Wildman–Crippen MR) is 35.8 cm³/mol. The molecule has 0 unspecified atom stereocenters. The Kier molecular flexibility index (Phi) is 1.03. The number of ketones is 2. The van der Waals surface area contributed by atoms with Crippen LogP contribution < -0.4 is 0 Å². The number of imidazole rings is 1. The first-order chi connectivity index (χ1) is 5.29. The van der Waals surface area contributed by atoms with Gasteiger partial charge in [0.1, 0.15) is 5.69 Å². The summed E-state index contributed by atoms with van der Waals surface area (Å²) in [4.78, 5) is 27.9. The van der Waals surface area contributed by atoms with E-state index in [1.807, 2.05) is 0 Å². The maximum Gasteiger partial charge on any atom is 0.253 e. The zero-order valence-electron chi connectivity index (χ0n) is 5.42. The highest BCUT2D eigenvalue weighted by Gasteiger charge is 2.22. The Labute approximate surface area is 61.9 Å². The fourth-order valence-corrected chi connectivity index (χ4v) is 0.909. The zero-order valence-corrected chi connectivity index (χ0v) is 5.42. The summed E-state index contributed by atoms with van der Waals surface area (Å²) in [5.41, 5.74) is 0.715. The van der Waals surface area contributed by atoms with E-state index in [-0.39, 0.29) is 5.69 Å². The van der Waals surface area contributed by atoms with E-state index in [4.69, 9.17) is 0 Å². The van der Waals surface area contributed by atoms with Crippen LogP contribution in [0.15, 0.2) is 6.08 Å². The van der Waals surface area contributed by atoms with Crippen LogP contribution in [0, 0.1) is 6.33 Å². The third-order valence-electron chi connectivity index (χ3n) is 1.45. The summed E-state index contributed by atoms with van der Waals surface area (Å²) in [7, 11) is 0. The molecule has 1 aliphatic carbocycles. The van der Waals surface area contributed by atoms with Crippen LogP contribution >= 0.6 is 0 Å². The quantitative estimate of drug-likeness (QED) is 0.525. The van der Waals surface area contributed by atoms with E-state index in [1.54, 1.807) is 0 Å². The lowest BCUT2D eigenvalue weighted by molar-refractivity contribution is -0.111. The van der Waals surface area contributed by atoms with Crippen LogP contribution in [0.4, 0.5) is 0 Å². The molecule has 2 rings (SSSR count). The van der Waals surface area contributed by atoms with Crippen molar-refractivity contribution in [2.75, 3.05) is 0 Å². The van der Waals surface area contributed by atoms with Crippen LogP contribution in [-0.2, 0) is 4.79 Å². The summed E-state index contributed by atoms with van der Waals surface area (Å²) in [6.07, 6.45) is 5.13. The summed E-state index contributed by atoms with van der Waals surface area (Å²) in [6, 6.07) is 0. The van der Waals surface area contributed by atoms with Crippen LogP contribution in [0.1, 0.15) is 16.2 Å². The second-order valence-corrected chi connectivity index (χ2v) is 2.14. The minimum absolute atomic E-state index is 0.164. The second-order valence-electron chi connectivity index (χ2n) is 2.14. The number of hydrogen-bond donors (Lipinski definition) is 1. The largest absolute Gasteiger partial charge is 0.335 e. The third kappa shape index (κ3) is 0.724. The molecule has 11 heavy (non-hydrogen) atoms. The van der Waals surface area contributed by atoms with Gasteiger partial charge in [0, 0.05) is 0 Å². The van der Waals surface area contributed by atoms with Crippen molar-refractivity contribution in [3.8, 4) is 0 Å². The summed E-state index contributed by atoms with van der Waals surface area (Å²) in [5.74, 6) is -1.10. The molecule has 0 bridgehead atoms. The number of rotatable bonds is 0. The number of H-pyrrole nitrogens is 1. The lowest BCUT2D eigenvalue weighted by atomic mass is 10.1. The number of carbonyl (C=O) groups is 2.